The van der Waals surface area contributed by atoms with E-state index in [1.807, 2.05) is 5.92 Å². The molecule has 0 aliphatic heterocycles. The number of anilines is 1. The van der Waals surface area contributed by atoms with Crippen molar-refractivity contribution in [1.82, 2.24) is 0 Å². The van der Waals surface area contributed by atoms with Gasteiger partial charge in [-0.1, -0.05) is 56.2 Å². The largest absolute Gasteiger partial charge is 0.433 e. The average Bonchev–Trinajstić information content (AvgIpc) is 2.85. The molecule has 38 heavy (non-hydrogen) atoms. The van der Waals surface area contributed by atoms with Crippen LogP contribution in [0.3, 0.4) is 0 Å². The first-order valence-electron chi connectivity index (χ1n) is 11.4. The molecule has 0 aromatic heterocycles. The quantitative estimate of drug-likeness (QED) is 0.418. The maximum Gasteiger partial charge on any atom is 0.433 e. The van der Waals surface area contributed by atoms with Crippen molar-refractivity contribution in [1.29, 1.82) is 0 Å². The Morgan fingerprint density at radius 1 is 0.868 bits per heavy atom. The molecule has 0 heterocycles. The number of benzene rings is 3. The van der Waals surface area contributed by atoms with E-state index in [4.69, 9.17) is 0 Å². The molecule has 0 saturated carbocycles. The third kappa shape index (κ3) is 6.38. The van der Waals surface area contributed by atoms with Crippen LogP contribution < -0.4 is 4.31 Å². The lowest BCUT2D eigenvalue weighted by molar-refractivity contribution is -0.240. The summed E-state index contributed by atoms with van der Waals surface area (Å²) in [5.74, 6) is 3.96. The summed E-state index contributed by atoms with van der Waals surface area (Å²) in [4.78, 5) is -0.104. The van der Waals surface area contributed by atoms with Crippen LogP contribution in [0.1, 0.15) is 25.0 Å². The highest BCUT2D eigenvalue weighted by molar-refractivity contribution is 7.92. The van der Waals surface area contributed by atoms with Crippen LogP contribution in [0.5, 0.6) is 0 Å². The van der Waals surface area contributed by atoms with Gasteiger partial charge in [0.05, 0.1) is 15.5 Å². The van der Waals surface area contributed by atoms with Gasteiger partial charge in [-0.2, -0.15) is 13.2 Å². The topological polar surface area (TPSA) is 91.8 Å². The Labute approximate surface area is 220 Å². The van der Waals surface area contributed by atoms with Gasteiger partial charge in [0.15, 0.2) is 9.84 Å². The Morgan fingerprint density at radius 3 is 1.97 bits per heavy atom. The van der Waals surface area contributed by atoms with Crippen molar-refractivity contribution in [3.05, 3.63) is 90.0 Å². The number of hydrogen-bond donors (Lipinski definition) is 1. The third-order valence-electron chi connectivity index (χ3n) is 5.50. The van der Waals surface area contributed by atoms with Gasteiger partial charge in [-0.15, -0.1) is 0 Å². The average molecular weight is 566 g/mol. The number of aliphatic hydroxyl groups is 1. The van der Waals surface area contributed by atoms with Gasteiger partial charge in [0.2, 0.25) is 5.60 Å². The zero-order valence-corrected chi connectivity index (χ0v) is 22.4. The molecule has 1 atom stereocenters. The molecule has 11 heteroatoms. The first-order chi connectivity index (χ1) is 17.6. The van der Waals surface area contributed by atoms with E-state index in [1.165, 1.54) is 42.5 Å². The van der Waals surface area contributed by atoms with Crippen LogP contribution in [-0.2, 0) is 25.5 Å². The fraction of sp³-hybridized carbons (Fsp3) is 0.259. The summed E-state index contributed by atoms with van der Waals surface area (Å²) in [6.45, 7) is 3.67. The Bertz CT molecular complexity index is 1560. The summed E-state index contributed by atoms with van der Waals surface area (Å²) >= 11 is 0. The molecule has 0 aliphatic rings. The van der Waals surface area contributed by atoms with Gasteiger partial charge in [-0.05, 0) is 54.3 Å². The predicted molar refractivity (Wildman–Crippen MR) is 139 cm³/mol. The summed E-state index contributed by atoms with van der Waals surface area (Å²) in [5, 5.41) is 10.7. The number of rotatable bonds is 7. The van der Waals surface area contributed by atoms with E-state index in [2.05, 4.69) is 5.92 Å². The summed E-state index contributed by atoms with van der Waals surface area (Å²) in [7, 11) is -7.64. The van der Waals surface area contributed by atoms with Crippen LogP contribution in [0.2, 0.25) is 0 Å². The molecule has 0 saturated heterocycles. The highest BCUT2D eigenvalue weighted by atomic mass is 32.2. The van der Waals surface area contributed by atoms with E-state index in [1.54, 1.807) is 32.0 Å². The van der Waals surface area contributed by atoms with Crippen molar-refractivity contribution in [2.24, 2.45) is 5.92 Å². The van der Waals surface area contributed by atoms with Gasteiger partial charge in [0, 0.05) is 23.9 Å². The van der Waals surface area contributed by atoms with Crippen LogP contribution in [0, 0.1) is 17.8 Å². The van der Waals surface area contributed by atoms with Gasteiger partial charge >= 0.3 is 6.18 Å². The van der Waals surface area contributed by atoms with E-state index >= 15 is 0 Å². The minimum atomic E-state index is -5.22. The zero-order valence-electron chi connectivity index (χ0n) is 20.8. The third-order valence-corrected chi connectivity index (χ3v) is 8.41. The van der Waals surface area contributed by atoms with Gasteiger partial charge in [-0.25, -0.2) is 16.8 Å². The monoisotopic (exact) mass is 565 g/mol. The number of alkyl halides is 3. The van der Waals surface area contributed by atoms with Crippen molar-refractivity contribution < 1.29 is 35.1 Å². The normalized spacial score (nSPS) is 13.9. The summed E-state index contributed by atoms with van der Waals surface area (Å²) < 4.78 is 93.4. The van der Waals surface area contributed by atoms with Crippen molar-refractivity contribution in [2.45, 2.75) is 35.4 Å². The Morgan fingerprint density at radius 2 is 1.45 bits per heavy atom. The molecular weight excluding hydrogens is 539 g/mol. The lowest BCUT2D eigenvalue weighted by atomic mass is 9.93. The lowest BCUT2D eigenvalue weighted by Gasteiger charge is -2.28. The van der Waals surface area contributed by atoms with E-state index in [9.17, 15) is 35.1 Å². The van der Waals surface area contributed by atoms with E-state index in [-0.39, 0.29) is 33.5 Å². The molecule has 1 N–H and O–H groups in total. The van der Waals surface area contributed by atoms with E-state index in [0.717, 1.165) is 28.8 Å². The van der Waals surface area contributed by atoms with E-state index < -0.39 is 37.2 Å². The Kier molecular flexibility index (Phi) is 8.31. The Hall–Kier alpha value is -3.33. The SMILES string of the molecule is CC(C)CN(c1ccc(C(O)(C#Cc2cccc(S(C)(=O)=O)c2)C(F)(F)F)cc1)S(=O)(=O)c1ccccc1. The van der Waals surface area contributed by atoms with Crippen molar-refractivity contribution in [3.63, 3.8) is 0 Å². The molecule has 0 spiro atoms. The zero-order chi connectivity index (χ0) is 28.4. The van der Waals surface area contributed by atoms with Crippen LogP contribution >= 0.6 is 0 Å². The minimum absolute atomic E-state index is 0.0266. The molecule has 0 bridgehead atoms. The van der Waals surface area contributed by atoms with E-state index in [0.29, 0.717) is 0 Å². The van der Waals surface area contributed by atoms with Crippen molar-refractivity contribution >= 4 is 25.5 Å². The second kappa shape index (κ2) is 10.8. The van der Waals surface area contributed by atoms with Crippen LogP contribution in [0.25, 0.3) is 0 Å². The fourth-order valence-corrected chi connectivity index (χ4v) is 5.85. The number of sulfone groups is 1. The molecule has 0 amide bonds. The van der Waals surface area contributed by atoms with Crippen LogP contribution in [0.15, 0.2) is 88.7 Å². The minimum Gasteiger partial charge on any atom is -0.366 e. The second-order valence-electron chi connectivity index (χ2n) is 9.05. The maximum atomic E-state index is 14.0. The molecule has 3 aromatic carbocycles. The van der Waals surface area contributed by atoms with Gasteiger partial charge in [0.1, 0.15) is 0 Å². The van der Waals surface area contributed by atoms with Crippen molar-refractivity contribution in [2.75, 3.05) is 17.1 Å². The molecule has 3 aromatic rings. The molecule has 0 aliphatic carbocycles. The number of hydrogen-bond acceptors (Lipinski definition) is 5. The second-order valence-corrected chi connectivity index (χ2v) is 12.9. The predicted octanol–water partition coefficient (Wildman–Crippen LogP) is 4.74. The molecule has 0 radical (unpaired) electrons. The van der Waals surface area contributed by atoms with Gasteiger partial charge in [0.25, 0.3) is 10.0 Å². The standard InChI is InChI=1S/C27H26F3NO5S2/c1-20(2)19-31(38(35,36)24-9-5-4-6-10-24)23-14-12-22(13-15-23)26(32,27(28,29)30)17-16-21-8-7-11-25(18-21)37(3,33)34/h4-15,18,20,32H,19H2,1-3H3. The molecule has 1 unspecified atom stereocenters. The first kappa shape index (κ1) is 29.2. The molecular formula is C27H26F3NO5S2. The smallest absolute Gasteiger partial charge is 0.366 e. The Balaban J connectivity index is 2.06. The molecule has 6 nitrogen and oxygen atoms in total. The number of sulfonamides is 1. The highest BCUT2D eigenvalue weighted by Crippen LogP contribution is 2.39. The molecule has 3 rings (SSSR count). The van der Waals surface area contributed by atoms with Crippen LogP contribution in [-0.4, -0.2) is 40.9 Å². The highest BCUT2D eigenvalue weighted by Gasteiger charge is 2.54. The molecule has 202 valence electrons. The lowest BCUT2D eigenvalue weighted by Crippen LogP contribution is -2.41. The summed E-state index contributed by atoms with van der Waals surface area (Å²) in [6.07, 6.45) is -4.27. The fourth-order valence-electron chi connectivity index (χ4n) is 3.54. The number of halogens is 3. The summed E-state index contributed by atoms with van der Waals surface area (Å²) in [5.41, 5.74) is -4.15. The summed E-state index contributed by atoms with van der Waals surface area (Å²) in [6, 6.07) is 17.0. The first-order valence-corrected chi connectivity index (χ1v) is 14.7. The molecule has 0 fully saturated rings. The van der Waals surface area contributed by atoms with Crippen LogP contribution in [0.4, 0.5) is 18.9 Å². The maximum absolute atomic E-state index is 14.0. The van der Waals surface area contributed by atoms with Gasteiger partial charge < -0.3 is 5.11 Å². The van der Waals surface area contributed by atoms with Gasteiger partial charge in [-0.3, -0.25) is 4.31 Å². The number of nitrogens with zero attached hydrogens (tertiary/aromatic N) is 1. The van der Waals surface area contributed by atoms with Crippen molar-refractivity contribution in [3.8, 4) is 11.8 Å².